The standard InChI is InChI=1S/C27H30ClN3O3S/c1-19-17-22(10-13-29-19)30-15-11-21(12-16-30)27(32)31-14-4-6-23(31)18-35(33,34)25-9-8-20-5-2-3-7-24(20)26(25)28/h2-3,5,7-10,13,17,21,23H,4,6,11-12,14-16,18H2,1H3/t23-/m0/s1. The van der Waals surface area contributed by atoms with Crippen molar-refractivity contribution >= 4 is 43.8 Å². The first-order valence-corrected chi connectivity index (χ1v) is 14.2. The van der Waals surface area contributed by atoms with Gasteiger partial charge in [-0.3, -0.25) is 9.78 Å². The highest BCUT2D eigenvalue weighted by atomic mass is 35.5. The summed E-state index contributed by atoms with van der Waals surface area (Å²) in [5.74, 6) is -0.0639. The fourth-order valence-corrected chi connectivity index (χ4v) is 7.72. The Morgan fingerprint density at radius 3 is 2.60 bits per heavy atom. The van der Waals surface area contributed by atoms with E-state index < -0.39 is 9.84 Å². The first-order chi connectivity index (χ1) is 16.8. The second-order valence-corrected chi connectivity index (χ2v) is 12.0. The average Bonchev–Trinajstić information content (AvgIpc) is 3.31. The Morgan fingerprint density at radius 1 is 1.06 bits per heavy atom. The quantitative estimate of drug-likeness (QED) is 0.488. The monoisotopic (exact) mass is 511 g/mol. The third kappa shape index (κ3) is 4.89. The zero-order valence-electron chi connectivity index (χ0n) is 19.9. The lowest BCUT2D eigenvalue weighted by molar-refractivity contribution is -0.136. The van der Waals surface area contributed by atoms with Gasteiger partial charge in [-0.15, -0.1) is 0 Å². The molecular weight excluding hydrogens is 482 g/mol. The highest BCUT2D eigenvalue weighted by Gasteiger charge is 2.37. The van der Waals surface area contributed by atoms with Crippen molar-refractivity contribution in [2.24, 2.45) is 5.92 Å². The molecule has 35 heavy (non-hydrogen) atoms. The molecule has 1 aromatic heterocycles. The zero-order chi connectivity index (χ0) is 24.6. The number of sulfone groups is 1. The number of carbonyl (C=O) groups excluding carboxylic acids is 1. The van der Waals surface area contributed by atoms with Crippen LogP contribution < -0.4 is 4.90 Å². The van der Waals surface area contributed by atoms with Crippen molar-refractivity contribution < 1.29 is 13.2 Å². The van der Waals surface area contributed by atoms with Crippen LogP contribution in [0.1, 0.15) is 31.4 Å². The number of pyridine rings is 1. The van der Waals surface area contributed by atoms with E-state index in [4.69, 9.17) is 11.6 Å². The lowest BCUT2D eigenvalue weighted by atomic mass is 9.94. The van der Waals surface area contributed by atoms with E-state index >= 15 is 0 Å². The van der Waals surface area contributed by atoms with Crippen molar-refractivity contribution in [3.05, 3.63) is 65.4 Å². The Kier molecular flexibility index (Phi) is 6.73. The van der Waals surface area contributed by atoms with Crippen molar-refractivity contribution in [1.82, 2.24) is 9.88 Å². The zero-order valence-corrected chi connectivity index (χ0v) is 21.4. The molecule has 1 atom stereocenters. The lowest BCUT2D eigenvalue weighted by Gasteiger charge is -2.36. The Balaban J connectivity index is 1.27. The maximum absolute atomic E-state index is 13.4. The summed E-state index contributed by atoms with van der Waals surface area (Å²) in [5.41, 5.74) is 2.12. The van der Waals surface area contributed by atoms with Crippen LogP contribution in [0.4, 0.5) is 5.69 Å². The summed E-state index contributed by atoms with van der Waals surface area (Å²) >= 11 is 6.54. The van der Waals surface area contributed by atoms with Crippen LogP contribution in [0, 0.1) is 12.8 Å². The normalized spacial score (nSPS) is 19.4. The van der Waals surface area contributed by atoms with Crippen molar-refractivity contribution in [1.29, 1.82) is 0 Å². The number of benzene rings is 2. The molecule has 0 bridgehead atoms. The number of halogens is 1. The van der Waals surface area contributed by atoms with E-state index in [9.17, 15) is 13.2 Å². The number of fused-ring (bicyclic) bond motifs is 1. The molecule has 0 saturated carbocycles. The van der Waals surface area contributed by atoms with Gasteiger partial charge >= 0.3 is 0 Å². The molecule has 1 amide bonds. The number of aromatic nitrogens is 1. The number of rotatable bonds is 5. The molecule has 6 nitrogen and oxygen atoms in total. The van der Waals surface area contributed by atoms with Gasteiger partial charge in [0.1, 0.15) is 0 Å². The van der Waals surface area contributed by atoms with E-state index in [1.165, 1.54) is 0 Å². The Hall–Kier alpha value is -2.64. The van der Waals surface area contributed by atoms with Gasteiger partial charge in [0, 0.05) is 54.6 Å². The fourth-order valence-electron chi connectivity index (χ4n) is 5.44. The first kappa shape index (κ1) is 24.1. The molecule has 0 unspecified atom stereocenters. The second kappa shape index (κ2) is 9.78. The average molecular weight is 512 g/mol. The van der Waals surface area contributed by atoms with Crippen LogP contribution in [-0.4, -0.2) is 55.6 Å². The summed E-state index contributed by atoms with van der Waals surface area (Å²) in [4.78, 5) is 22.0. The SMILES string of the molecule is Cc1cc(N2CCC(C(=O)N3CCC[C@H]3CS(=O)(=O)c3ccc4ccccc4c3Cl)CC2)ccn1. The van der Waals surface area contributed by atoms with Gasteiger partial charge in [0.15, 0.2) is 9.84 Å². The van der Waals surface area contributed by atoms with Gasteiger partial charge in [0.25, 0.3) is 0 Å². The van der Waals surface area contributed by atoms with Gasteiger partial charge in [-0.2, -0.15) is 0 Å². The van der Waals surface area contributed by atoms with Crippen LogP contribution in [-0.2, 0) is 14.6 Å². The largest absolute Gasteiger partial charge is 0.371 e. The molecule has 2 aliphatic rings. The number of nitrogens with zero attached hydrogens (tertiary/aromatic N) is 3. The maximum atomic E-state index is 13.4. The Labute approximate surface area is 211 Å². The van der Waals surface area contributed by atoms with Crippen LogP contribution in [0.2, 0.25) is 5.02 Å². The molecule has 0 aliphatic carbocycles. The number of hydrogen-bond donors (Lipinski definition) is 0. The van der Waals surface area contributed by atoms with Crippen LogP contribution in [0.5, 0.6) is 0 Å². The van der Waals surface area contributed by atoms with E-state index in [0.29, 0.717) is 13.0 Å². The number of carbonyl (C=O) groups is 1. The van der Waals surface area contributed by atoms with Crippen LogP contribution in [0.15, 0.2) is 59.6 Å². The smallest absolute Gasteiger partial charge is 0.226 e. The molecule has 2 aliphatic heterocycles. The second-order valence-electron chi connectivity index (χ2n) is 9.62. The highest BCUT2D eigenvalue weighted by molar-refractivity contribution is 7.91. The summed E-state index contributed by atoms with van der Waals surface area (Å²) in [6.45, 7) is 4.22. The molecule has 2 aromatic carbocycles. The molecule has 0 radical (unpaired) electrons. The van der Waals surface area contributed by atoms with Gasteiger partial charge < -0.3 is 9.80 Å². The van der Waals surface area contributed by atoms with Gasteiger partial charge in [0.2, 0.25) is 5.91 Å². The molecule has 2 saturated heterocycles. The highest BCUT2D eigenvalue weighted by Crippen LogP contribution is 2.33. The molecule has 3 heterocycles. The Morgan fingerprint density at radius 2 is 1.83 bits per heavy atom. The number of amides is 1. The van der Waals surface area contributed by atoms with Crippen LogP contribution in [0.3, 0.4) is 0 Å². The van der Waals surface area contributed by atoms with E-state index in [0.717, 1.165) is 54.5 Å². The summed E-state index contributed by atoms with van der Waals surface area (Å²) in [7, 11) is -3.65. The van der Waals surface area contributed by atoms with E-state index in [-0.39, 0.29) is 33.5 Å². The van der Waals surface area contributed by atoms with Crippen molar-refractivity contribution in [3.63, 3.8) is 0 Å². The van der Waals surface area contributed by atoms with Crippen LogP contribution >= 0.6 is 11.6 Å². The van der Waals surface area contributed by atoms with Crippen molar-refractivity contribution in [2.75, 3.05) is 30.3 Å². The number of piperidine rings is 1. The summed E-state index contributed by atoms with van der Waals surface area (Å²) in [5, 5.41) is 1.89. The molecule has 5 rings (SSSR count). The topological polar surface area (TPSA) is 70.6 Å². The van der Waals surface area contributed by atoms with Gasteiger partial charge in [-0.1, -0.05) is 41.9 Å². The lowest BCUT2D eigenvalue weighted by Crippen LogP contribution is -2.46. The summed E-state index contributed by atoms with van der Waals surface area (Å²) in [6.07, 6.45) is 4.89. The molecule has 3 aromatic rings. The third-order valence-electron chi connectivity index (χ3n) is 7.32. The minimum absolute atomic E-state index is 0.0678. The minimum Gasteiger partial charge on any atom is -0.371 e. The number of likely N-dealkylation sites (tertiary alicyclic amines) is 1. The molecular formula is C27H30ClN3O3S. The number of anilines is 1. The van der Waals surface area contributed by atoms with Crippen LogP contribution in [0.25, 0.3) is 10.8 Å². The van der Waals surface area contributed by atoms with Crippen molar-refractivity contribution in [3.8, 4) is 0 Å². The Bertz CT molecular complexity index is 1350. The maximum Gasteiger partial charge on any atom is 0.226 e. The van der Waals surface area contributed by atoms with Crippen molar-refractivity contribution in [2.45, 2.75) is 43.5 Å². The molecule has 0 N–H and O–H groups in total. The molecule has 0 spiro atoms. The van der Waals surface area contributed by atoms with Gasteiger partial charge in [-0.05, 0) is 56.2 Å². The summed E-state index contributed by atoms with van der Waals surface area (Å²) in [6, 6.07) is 14.7. The molecule has 8 heteroatoms. The summed E-state index contributed by atoms with van der Waals surface area (Å²) < 4.78 is 26.8. The predicted molar refractivity (Wildman–Crippen MR) is 140 cm³/mol. The third-order valence-corrected chi connectivity index (χ3v) is 9.68. The van der Waals surface area contributed by atoms with E-state index in [2.05, 4.69) is 16.0 Å². The first-order valence-electron chi connectivity index (χ1n) is 12.2. The number of aryl methyl sites for hydroxylation is 1. The van der Waals surface area contributed by atoms with Gasteiger partial charge in [0.05, 0.1) is 15.7 Å². The van der Waals surface area contributed by atoms with E-state index in [1.807, 2.05) is 48.4 Å². The van der Waals surface area contributed by atoms with Gasteiger partial charge in [-0.25, -0.2) is 8.42 Å². The number of hydrogen-bond acceptors (Lipinski definition) is 5. The predicted octanol–water partition coefficient (Wildman–Crippen LogP) is 4.88. The fraction of sp³-hybridized carbons (Fsp3) is 0.407. The minimum atomic E-state index is -3.65. The molecule has 184 valence electrons. The molecule has 2 fully saturated rings. The van der Waals surface area contributed by atoms with E-state index in [1.54, 1.807) is 12.1 Å².